The Hall–Kier alpha value is -2.18. The standard InChI is InChI=1S/C23H27F2N3O.ClH/c24-18-8-10-21(25)20(15-18)23(29)26-11-3-4-12-27-13-14-28-19(16-27)9-7-17-5-1-2-6-22(17)28;/h1-2,5-6,8,10,15,19H,3-4,7,9,11-14,16H2,(H,26,29);1H. The number of halogens is 3. The van der Waals surface area contributed by atoms with Crippen LogP contribution in [0.15, 0.2) is 42.5 Å². The topological polar surface area (TPSA) is 35.6 Å². The highest BCUT2D eigenvalue weighted by molar-refractivity contribution is 5.94. The highest BCUT2D eigenvalue weighted by atomic mass is 35.5. The maximum absolute atomic E-state index is 13.6. The lowest BCUT2D eigenvalue weighted by molar-refractivity contribution is 0.0948. The molecule has 1 amide bonds. The number of anilines is 1. The summed E-state index contributed by atoms with van der Waals surface area (Å²) >= 11 is 0. The van der Waals surface area contributed by atoms with Crippen LogP contribution in [0.2, 0.25) is 0 Å². The van der Waals surface area contributed by atoms with Gasteiger partial charge in [-0.05, 0) is 62.1 Å². The van der Waals surface area contributed by atoms with E-state index < -0.39 is 17.5 Å². The van der Waals surface area contributed by atoms with Gasteiger partial charge in [-0.2, -0.15) is 0 Å². The molecule has 2 aromatic carbocycles. The number of rotatable bonds is 6. The zero-order chi connectivity index (χ0) is 20.2. The number of nitrogens with one attached hydrogen (secondary N) is 1. The summed E-state index contributed by atoms with van der Waals surface area (Å²) in [5, 5.41) is 2.69. The van der Waals surface area contributed by atoms with E-state index in [4.69, 9.17) is 0 Å². The van der Waals surface area contributed by atoms with Crippen LogP contribution >= 0.6 is 12.4 Å². The molecule has 1 fully saturated rings. The predicted octanol–water partition coefficient (Wildman–Crippen LogP) is 4.03. The normalized spacial score (nSPS) is 18.2. The third-order valence-electron chi connectivity index (χ3n) is 5.97. The Morgan fingerprint density at radius 3 is 2.80 bits per heavy atom. The van der Waals surface area contributed by atoms with Crippen LogP contribution in [-0.4, -0.2) is 49.6 Å². The molecule has 1 atom stereocenters. The molecule has 2 aliphatic heterocycles. The number of amides is 1. The second-order valence-electron chi connectivity index (χ2n) is 7.90. The summed E-state index contributed by atoms with van der Waals surface area (Å²) in [7, 11) is 0. The van der Waals surface area contributed by atoms with Gasteiger partial charge in [0.25, 0.3) is 5.91 Å². The summed E-state index contributed by atoms with van der Waals surface area (Å²) in [6.07, 6.45) is 4.13. The van der Waals surface area contributed by atoms with Gasteiger partial charge in [0, 0.05) is 37.9 Å². The first-order chi connectivity index (χ1) is 14.1. The van der Waals surface area contributed by atoms with E-state index in [1.165, 1.54) is 17.7 Å². The Bertz CT molecular complexity index is 879. The highest BCUT2D eigenvalue weighted by Crippen LogP contribution is 2.32. The molecule has 2 heterocycles. The van der Waals surface area contributed by atoms with E-state index in [1.807, 2.05) is 0 Å². The van der Waals surface area contributed by atoms with Gasteiger partial charge in [0.2, 0.25) is 0 Å². The lowest BCUT2D eigenvalue weighted by atomic mass is 9.94. The zero-order valence-electron chi connectivity index (χ0n) is 16.9. The van der Waals surface area contributed by atoms with Crippen LogP contribution in [0.5, 0.6) is 0 Å². The van der Waals surface area contributed by atoms with E-state index in [-0.39, 0.29) is 18.0 Å². The number of carbonyl (C=O) groups excluding carboxylic acids is 1. The fourth-order valence-electron chi connectivity index (χ4n) is 4.44. The Labute approximate surface area is 182 Å². The third-order valence-corrected chi connectivity index (χ3v) is 5.97. The molecule has 30 heavy (non-hydrogen) atoms. The van der Waals surface area contributed by atoms with Crippen molar-refractivity contribution in [3.8, 4) is 0 Å². The van der Waals surface area contributed by atoms with Gasteiger partial charge in [-0.1, -0.05) is 18.2 Å². The van der Waals surface area contributed by atoms with E-state index in [9.17, 15) is 13.6 Å². The first-order valence-electron chi connectivity index (χ1n) is 10.4. The molecule has 2 aromatic rings. The Morgan fingerprint density at radius 1 is 1.10 bits per heavy atom. The number of fused-ring (bicyclic) bond motifs is 3. The minimum absolute atomic E-state index is 0. The molecule has 4 nitrogen and oxygen atoms in total. The quantitative estimate of drug-likeness (QED) is 0.696. The van der Waals surface area contributed by atoms with Crippen LogP contribution in [0.4, 0.5) is 14.5 Å². The summed E-state index contributed by atoms with van der Waals surface area (Å²) in [6, 6.07) is 12.2. The van der Waals surface area contributed by atoms with E-state index in [0.29, 0.717) is 12.6 Å². The van der Waals surface area contributed by atoms with Crippen molar-refractivity contribution in [3.05, 3.63) is 65.2 Å². The average molecular weight is 436 g/mol. The molecule has 0 spiro atoms. The predicted molar refractivity (Wildman–Crippen MR) is 118 cm³/mol. The van der Waals surface area contributed by atoms with Crippen LogP contribution in [-0.2, 0) is 6.42 Å². The first-order valence-corrected chi connectivity index (χ1v) is 10.4. The van der Waals surface area contributed by atoms with Crippen LogP contribution in [0.1, 0.15) is 35.2 Å². The van der Waals surface area contributed by atoms with Gasteiger partial charge < -0.3 is 10.2 Å². The maximum Gasteiger partial charge on any atom is 0.254 e. The Morgan fingerprint density at radius 2 is 1.93 bits per heavy atom. The number of para-hydroxylation sites is 1. The van der Waals surface area contributed by atoms with Crippen LogP contribution in [0.3, 0.4) is 0 Å². The number of nitrogens with zero attached hydrogens (tertiary/aromatic N) is 2. The zero-order valence-corrected chi connectivity index (χ0v) is 17.8. The number of benzene rings is 2. The minimum Gasteiger partial charge on any atom is -0.366 e. The molecular formula is C23H28ClF2N3O. The van der Waals surface area contributed by atoms with Gasteiger partial charge in [0.05, 0.1) is 5.56 Å². The van der Waals surface area contributed by atoms with Gasteiger partial charge in [0.1, 0.15) is 11.6 Å². The summed E-state index contributed by atoms with van der Waals surface area (Å²) in [4.78, 5) is 17.1. The molecule has 4 rings (SSSR count). The SMILES string of the molecule is Cl.O=C(NCCCCN1CCN2c3ccccc3CCC2C1)c1cc(F)ccc1F. The Balaban J connectivity index is 0.00000256. The average Bonchev–Trinajstić information content (AvgIpc) is 2.74. The number of unbranched alkanes of at least 4 members (excludes halogenated alkanes) is 1. The molecule has 2 aliphatic rings. The van der Waals surface area contributed by atoms with Crippen molar-refractivity contribution in [2.75, 3.05) is 37.6 Å². The molecule has 1 N–H and O–H groups in total. The van der Waals surface area contributed by atoms with Crippen LogP contribution in [0.25, 0.3) is 0 Å². The number of carbonyl (C=O) groups is 1. The van der Waals surface area contributed by atoms with Gasteiger partial charge in [0.15, 0.2) is 0 Å². The largest absolute Gasteiger partial charge is 0.366 e. The number of hydrogen-bond donors (Lipinski definition) is 1. The second-order valence-corrected chi connectivity index (χ2v) is 7.90. The maximum atomic E-state index is 13.6. The van der Waals surface area contributed by atoms with E-state index in [2.05, 4.69) is 39.4 Å². The summed E-state index contributed by atoms with van der Waals surface area (Å²) < 4.78 is 26.8. The van der Waals surface area contributed by atoms with E-state index >= 15 is 0 Å². The summed E-state index contributed by atoms with van der Waals surface area (Å²) in [5.41, 5.74) is 2.62. The van der Waals surface area contributed by atoms with Crippen LogP contribution in [0, 0.1) is 11.6 Å². The van der Waals surface area contributed by atoms with Crippen molar-refractivity contribution in [1.82, 2.24) is 10.2 Å². The molecule has 1 saturated heterocycles. The fraction of sp³-hybridized carbons (Fsp3) is 0.435. The molecule has 0 bridgehead atoms. The molecule has 0 aromatic heterocycles. The molecule has 1 unspecified atom stereocenters. The van der Waals surface area contributed by atoms with Crippen molar-refractivity contribution < 1.29 is 13.6 Å². The number of aryl methyl sites for hydroxylation is 1. The van der Waals surface area contributed by atoms with Gasteiger partial charge in [-0.15, -0.1) is 12.4 Å². The molecule has 0 aliphatic carbocycles. The van der Waals surface area contributed by atoms with E-state index in [1.54, 1.807) is 0 Å². The molecular weight excluding hydrogens is 408 g/mol. The molecule has 0 saturated carbocycles. The van der Waals surface area contributed by atoms with Crippen molar-refractivity contribution >= 4 is 24.0 Å². The molecule has 0 radical (unpaired) electrons. The Kier molecular flexibility index (Phi) is 7.67. The fourth-order valence-corrected chi connectivity index (χ4v) is 4.44. The van der Waals surface area contributed by atoms with E-state index in [0.717, 1.165) is 63.6 Å². The smallest absolute Gasteiger partial charge is 0.254 e. The lowest BCUT2D eigenvalue weighted by Crippen LogP contribution is -2.55. The van der Waals surface area contributed by atoms with Crippen molar-refractivity contribution in [2.24, 2.45) is 0 Å². The van der Waals surface area contributed by atoms with Gasteiger partial charge >= 0.3 is 0 Å². The minimum atomic E-state index is -0.698. The summed E-state index contributed by atoms with van der Waals surface area (Å²) in [6.45, 7) is 4.64. The summed E-state index contributed by atoms with van der Waals surface area (Å²) in [5.74, 6) is -1.87. The van der Waals surface area contributed by atoms with Crippen molar-refractivity contribution in [1.29, 1.82) is 0 Å². The van der Waals surface area contributed by atoms with Crippen molar-refractivity contribution in [2.45, 2.75) is 31.7 Å². The van der Waals surface area contributed by atoms with Crippen LogP contribution < -0.4 is 10.2 Å². The molecule has 162 valence electrons. The first kappa shape index (κ1) is 22.5. The highest BCUT2D eigenvalue weighted by Gasteiger charge is 2.30. The third kappa shape index (κ3) is 5.10. The molecule has 7 heteroatoms. The van der Waals surface area contributed by atoms with Gasteiger partial charge in [-0.3, -0.25) is 9.69 Å². The monoisotopic (exact) mass is 435 g/mol. The number of piperazine rings is 1. The lowest BCUT2D eigenvalue weighted by Gasteiger charge is -2.46. The van der Waals surface area contributed by atoms with Crippen molar-refractivity contribution in [3.63, 3.8) is 0 Å². The second kappa shape index (κ2) is 10.2. The number of hydrogen-bond acceptors (Lipinski definition) is 3. The van der Waals surface area contributed by atoms with Gasteiger partial charge in [-0.25, -0.2) is 8.78 Å².